The fourth-order valence-electron chi connectivity index (χ4n) is 1.96. The molecule has 0 saturated carbocycles. The van der Waals surface area contributed by atoms with Gasteiger partial charge in [-0.1, -0.05) is 35.5 Å². The summed E-state index contributed by atoms with van der Waals surface area (Å²) < 4.78 is 10.5. The van der Waals surface area contributed by atoms with Crippen LogP contribution in [0.25, 0.3) is 0 Å². The van der Waals surface area contributed by atoms with Gasteiger partial charge in [-0.2, -0.15) is 0 Å². The molecule has 2 heterocycles. The van der Waals surface area contributed by atoms with Crippen LogP contribution in [0.2, 0.25) is 0 Å². The average Bonchev–Trinajstić information content (AvgIpc) is 3.12. The number of carbonyl (C=O) groups excluding carboxylic acids is 1. The quantitative estimate of drug-likeness (QED) is 0.757. The third kappa shape index (κ3) is 4.16. The third-order valence-electron chi connectivity index (χ3n) is 3.14. The number of nitrogens with one attached hydrogen (secondary N) is 1. The summed E-state index contributed by atoms with van der Waals surface area (Å²) in [5, 5.41) is 6.33. The van der Waals surface area contributed by atoms with E-state index in [2.05, 4.69) is 15.5 Å². The second kappa shape index (κ2) is 7.22. The molecule has 0 atom stereocenters. The van der Waals surface area contributed by atoms with Crippen LogP contribution < -0.4 is 10.1 Å². The smallest absolute Gasteiger partial charge is 0.251 e. The van der Waals surface area contributed by atoms with Gasteiger partial charge in [0.1, 0.15) is 6.61 Å². The summed E-state index contributed by atoms with van der Waals surface area (Å²) in [5.41, 5.74) is 1.51. The molecule has 3 aromatic rings. The molecule has 0 radical (unpaired) electrons. The van der Waals surface area contributed by atoms with Gasteiger partial charge in [-0.25, -0.2) is 4.98 Å². The topological polar surface area (TPSA) is 77.3 Å². The summed E-state index contributed by atoms with van der Waals surface area (Å²) in [5.74, 6) is 0.766. The fraction of sp³-hybridized carbons (Fsp3) is 0.118. The molecule has 3 rings (SSSR count). The Hall–Kier alpha value is -3.15. The SMILES string of the molecule is O=C(NCc1ccno1)c1ccnc(OCc2ccccc2)c1. The van der Waals surface area contributed by atoms with Crippen LogP contribution in [0.15, 0.2) is 65.4 Å². The molecule has 6 nitrogen and oxygen atoms in total. The molecule has 0 aliphatic rings. The largest absolute Gasteiger partial charge is 0.473 e. The van der Waals surface area contributed by atoms with Crippen LogP contribution in [0, 0.1) is 0 Å². The molecule has 0 saturated heterocycles. The lowest BCUT2D eigenvalue weighted by Gasteiger charge is -2.07. The summed E-state index contributed by atoms with van der Waals surface area (Å²) in [4.78, 5) is 16.2. The first kappa shape index (κ1) is 14.8. The predicted octanol–water partition coefficient (Wildman–Crippen LogP) is 2.58. The number of hydrogen-bond donors (Lipinski definition) is 1. The zero-order valence-electron chi connectivity index (χ0n) is 12.3. The lowest BCUT2D eigenvalue weighted by atomic mass is 10.2. The van der Waals surface area contributed by atoms with E-state index in [4.69, 9.17) is 9.26 Å². The van der Waals surface area contributed by atoms with Crippen molar-refractivity contribution in [2.45, 2.75) is 13.2 Å². The van der Waals surface area contributed by atoms with Gasteiger partial charge in [-0.3, -0.25) is 4.79 Å². The number of carbonyl (C=O) groups is 1. The van der Waals surface area contributed by atoms with Crippen LogP contribution >= 0.6 is 0 Å². The predicted molar refractivity (Wildman–Crippen MR) is 82.7 cm³/mol. The van der Waals surface area contributed by atoms with Gasteiger partial charge in [0.2, 0.25) is 5.88 Å². The number of ether oxygens (including phenoxy) is 1. The van der Waals surface area contributed by atoms with Crippen LogP contribution in [0.1, 0.15) is 21.7 Å². The monoisotopic (exact) mass is 309 g/mol. The van der Waals surface area contributed by atoms with Crippen molar-refractivity contribution in [2.24, 2.45) is 0 Å². The van der Waals surface area contributed by atoms with E-state index in [1.807, 2.05) is 30.3 Å². The van der Waals surface area contributed by atoms with E-state index in [1.54, 1.807) is 24.4 Å². The van der Waals surface area contributed by atoms with Crippen molar-refractivity contribution < 1.29 is 14.1 Å². The van der Waals surface area contributed by atoms with Gasteiger partial charge in [0.25, 0.3) is 5.91 Å². The Kier molecular flexibility index (Phi) is 4.63. The zero-order valence-corrected chi connectivity index (χ0v) is 12.3. The highest BCUT2D eigenvalue weighted by atomic mass is 16.5. The van der Waals surface area contributed by atoms with Crippen molar-refractivity contribution in [1.29, 1.82) is 0 Å². The molecule has 0 aliphatic heterocycles. The first-order chi connectivity index (χ1) is 11.3. The molecule has 0 fully saturated rings. The number of rotatable bonds is 6. The summed E-state index contributed by atoms with van der Waals surface area (Å²) in [7, 11) is 0. The molecule has 0 unspecified atom stereocenters. The average molecular weight is 309 g/mol. The van der Waals surface area contributed by atoms with Crippen molar-refractivity contribution >= 4 is 5.91 Å². The molecular weight excluding hydrogens is 294 g/mol. The summed E-state index contributed by atoms with van der Waals surface area (Å²) in [6, 6.07) is 14.7. The molecule has 1 aromatic carbocycles. The molecule has 2 aromatic heterocycles. The van der Waals surface area contributed by atoms with E-state index in [-0.39, 0.29) is 12.5 Å². The van der Waals surface area contributed by atoms with E-state index < -0.39 is 0 Å². The summed E-state index contributed by atoms with van der Waals surface area (Å²) >= 11 is 0. The molecule has 23 heavy (non-hydrogen) atoms. The summed E-state index contributed by atoms with van der Waals surface area (Å²) in [6.07, 6.45) is 3.08. The van der Waals surface area contributed by atoms with E-state index in [0.29, 0.717) is 23.8 Å². The van der Waals surface area contributed by atoms with E-state index in [1.165, 1.54) is 6.20 Å². The maximum atomic E-state index is 12.1. The second-order valence-electron chi connectivity index (χ2n) is 4.82. The lowest BCUT2D eigenvalue weighted by molar-refractivity contribution is 0.0946. The number of nitrogens with zero attached hydrogens (tertiary/aromatic N) is 2. The summed E-state index contributed by atoms with van der Waals surface area (Å²) in [6.45, 7) is 0.679. The van der Waals surface area contributed by atoms with Gasteiger partial charge >= 0.3 is 0 Å². The number of aromatic nitrogens is 2. The van der Waals surface area contributed by atoms with Crippen LogP contribution in [0.4, 0.5) is 0 Å². The van der Waals surface area contributed by atoms with Crippen molar-refractivity contribution in [1.82, 2.24) is 15.5 Å². The van der Waals surface area contributed by atoms with E-state index in [9.17, 15) is 4.79 Å². The number of hydrogen-bond acceptors (Lipinski definition) is 5. The van der Waals surface area contributed by atoms with Crippen LogP contribution in [0.3, 0.4) is 0 Å². The van der Waals surface area contributed by atoms with Gasteiger partial charge in [0, 0.05) is 23.9 Å². The standard InChI is InChI=1S/C17H15N3O3/c21-17(19-11-15-7-9-20-23-15)14-6-8-18-16(10-14)22-12-13-4-2-1-3-5-13/h1-10H,11-12H2,(H,19,21). The normalized spacial score (nSPS) is 10.3. The van der Waals surface area contributed by atoms with Crippen molar-refractivity contribution in [3.63, 3.8) is 0 Å². The van der Waals surface area contributed by atoms with Crippen LogP contribution in [-0.2, 0) is 13.2 Å². The molecule has 116 valence electrons. The third-order valence-corrected chi connectivity index (χ3v) is 3.14. The lowest BCUT2D eigenvalue weighted by Crippen LogP contribution is -2.22. The highest BCUT2D eigenvalue weighted by molar-refractivity contribution is 5.94. The molecule has 0 bridgehead atoms. The maximum absolute atomic E-state index is 12.1. The Bertz CT molecular complexity index is 758. The first-order valence-electron chi connectivity index (χ1n) is 7.12. The molecule has 1 amide bonds. The zero-order chi connectivity index (χ0) is 15.9. The molecule has 0 aliphatic carbocycles. The minimum atomic E-state index is -0.228. The minimum Gasteiger partial charge on any atom is -0.473 e. The molecule has 0 spiro atoms. The first-order valence-corrected chi connectivity index (χ1v) is 7.12. The van der Waals surface area contributed by atoms with E-state index in [0.717, 1.165) is 5.56 Å². The minimum absolute atomic E-state index is 0.228. The number of amides is 1. The Labute approximate surface area is 133 Å². The van der Waals surface area contributed by atoms with Crippen molar-refractivity contribution in [3.8, 4) is 5.88 Å². The molecule has 1 N–H and O–H groups in total. The maximum Gasteiger partial charge on any atom is 0.251 e. The molecule has 6 heteroatoms. The Morgan fingerprint density at radius 1 is 1.13 bits per heavy atom. The highest BCUT2D eigenvalue weighted by Gasteiger charge is 2.08. The molecular formula is C17H15N3O3. The number of benzene rings is 1. The van der Waals surface area contributed by atoms with Gasteiger partial charge in [-0.15, -0.1) is 0 Å². The highest BCUT2D eigenvalue weighted by Crippen LogP contribution is 2.12. The fourth-order valence-corrected chi connectivity index (χ4v) is 1.96. The Balaban J connectivity index is 1.59. The number of pyridine rings is 1. The van der Waals surface area contributed by atoms with Gasteiger partial charge in [0.05, 0.1) is 12.7 Å². The van der Waals surface area contributed by atoms with Crippen molar-refractivity contribution in [2.75, 3.05) is 0 Å². The van der Waals surface area contributed by atoms with Gasteiger partial charge in [0.15, 0.2) is 5.76 Å². The Morgan fingerprint density at radius 3 is 2.78 bits per heavy atom. The van der Waals surface area contributed by atoms with Gasteiger partial charge in [-0.05, 0) is 11.6 Å². The van der Waals surface area contributed by atoms with Crippen LogP contribution in [-0.4, -0.2) is 16.0 Å². The van der Waals surface area contributed by atoms with Gasteiger partial charge < -0.3 is 14.6 Å². The Morgan fingerprint density at radius 2 is 2.00 bits per heavy atom. The van der Waals surface area contributed by atoms with Crippen LogP contribution in [0.5, 0.6) is 5.88 Å². The van der Waals surface area contributed by atoms with E-state index >= 15 is 0 Å². The second-order valence-corrected chi connectivity index (χ2v) is 4.82. The van der Waals surface area contributed by atoms with Crippen molar-refractivity contribution in [3.05, 3.63) is 77.8 Å².